The molecule has 1 aliphatic heterocycles. The first-order valence-corrected chi connectivity index (χ1v) is 13.0. The van der Waals surface area contributed by atoms with Crippen LogP contribution in [0.15, 0.2) is 30.5 Å². The molecule has 1 aromatic heterocycles. The number of nitrogens with zero attached hydrogens (tertiary/aromatic N) is 5. The first-order chi connectivity index (χ1) is 17.5. The van der Waals surface area contributed by atoms with Crippen LogP contribution in [0.4, 0.5) is 10.5 Å². The molecule has 0 unspecified atom stereocenters. The van der Waals surface area contributed by atoms with Crippen LogP contribution in [0.3, 0.4) is 0 Å². The SMILES string of the molecule is C[C@@H]1CN([C@H](C)CO)C(=O)CCCn2nncc2CO[C@@H]1CN(C)C(=O)Nc1ccc(C(C)(C)C)cc1. The van der Waals surface area contributed by atoms with Gasteiger partial charge in [-0.15, -0.1) is 5.10 Å². The van der Waals surface area contributed by atoms with Crippen molar-refractivity contribution < 1.29 is 19.4 Å². The lowest BCUT2D eigenvalue weighted by Gasteiger charge is -2.35. The Kier molecular flexibility index (Phi) is 9.67. The Hall–Kier alpha value is -2.98. The minimum atomic E-state index is -0.358. The molecule has 0 saturated heterocycles. The second-order valence-corrected chi connectivity index (χ2v) is 11.1. The standard InChI is InChI=1S/C27H42N6O4/c1-19-15-32(20(2)17-34)25(35)8-7-13-33-23(14-28-30-33)18-37-24(19)16-31(6)26(36)29-22-11-9-21(10-12-22)27(3,4)5/h9-12,14,19-20,24,34H,7-8,13,15-18H2,1-6H3,(H,29,36)/t19-,20-,24-/m1/s1. The van der Waals surface area contributed by atoms with E-state index < -0.39 is 0 Å². The molecule has 1 aliphatic rings. The Balaban J connectivity index is 1.74. The normalized spacial score (nSPS) is 20.4. The summed E-state index contributed by atoms with van der Waals surface area (Å²) in [6, 6.07) is 7.33. The van der Waals surface area contributed by atoms with Crippen molar-refractivity contribution in [1.29, 1.82) is 0 Å². The van der Waals surface area contributed by atoms with Crippen LogP contribution < -0.4 is 5.32 Å². The maximum Gasteiger partial charge on any atom is 0.321 e. The van der Waals surface area contributed by atoms with Crippen molar-refractivity contribution >= 4 is 17.6 Å². The van der Waals surface area contributed by atoms with E-state index in [1.807, 2.05) is 38.1 Å². The van der Waals surface area contributed by atoms with E-state index >= 15 is 0 Å². The van der Waals surface area contributed by atoms with Gasteiger partial charge in [0, 0.05) is 44.7 Å². The second kappa shape index (κ2) is 12.5. The lowest BCUT2D eigenvalue weighted by molar-refractivity contribution is -0.136. The number of rotatable bonds is 5. The van der Waals surface area contributed by atoms with Crippen LogP contribution in [0, 0.1) is 5.92 Å². The number of carbonyl (C=O) groups excluding carboxylic acids is 2. The van der Waals surface area contributed by atoms with Crippen LogP contribution in [-0.4, -0.2) is 80.7 Å². The van der Waals surface area contributed by atoms with Crippen LogP contribution in [0.2, 0.25) is 0 Å². The minimum absolute atomic E-state index is 0.0146. The average Bonchev–Trinajstić information content (AvgIpc) is 3.30. The van der Waals surface area contributed by atoms with Crippen LogP contribution >= 0.6 is 0 Å². The van der Waals surface area contributed by atoms with E-state index in [9.17, 15) is 14.7 Å². The molecule has 3 rings (SSSR count). The molecule has 2 N–H and O–H groups in total. The summed E-state index contributed by atoms with van der Waals surface area (Å²) in [4.78, 5) is 29.3. The van der Waals surface area contributed by atoms with Gasteiger partial charge in [-0.25, -0.2) is 9.48 Å². The summed E-state index contributed by atoms with van der Waals surface area (Å²) in [6.07, 6.45) is 2.30. The number of aromatic nitrogens is 3. The number of urea groups is 1. The lowest BCUT2D eigenvalue weighted by atomic mass is 9.87. The monoisotopic (exact) mass is 514 g/mol. The van der Waals surface area contributed by atoms with Crippen molar-refractivity contribution in [2.75, 3.05) is 32.1 Å². The smallest absolute Gasteiger partial charge is 0.321 e. The molecule has 2 heterocycles. The minimum Gasteiger partial charge on any atom is -0.394 e. The number of carbonyl (C=O) groups is 2. The molecule has 3 amide bonds. The molecule has 3 atom stereocenters. The molecule has 2 aromatic rings. The quantitative estimate of drug-likeness (QED) is 0.633. The van der Waals surface area contributed by atoms with Crippen molar-refractivity contribution in [3.8, 4) is 0 Å². The number of likely N-dealkylation sites (N-methyl/N-ethyl adjacent to an activating group) is 1. The van der Waals surface area contributed by atoms with Gasteiger partial charge in [-0.1, -0.05) is 45.0 Å². The number of hydrogen-bond donors (Lipinski definition) is 2. The highest BCUT2D eigenvalue weighted by atomic mass is 16.5. The Labute approximate surface area is 220 Å². The van der Waals surface area contributed by atoms with Gasteiger partial charge in [-0.3, -0.25) is 4.79 Å². The Bertz CT molecular complexity index is 1030. The highest BCUT2D eigenvalue weighted by Gasteiger charge is 2.29. The molecule has 10 heteroatoms. The van der Waals surface area contributed by atoms with Gasteiger partial charge in [0.25, 0.3) is 0 Å². The number of hydrogen-bond acceptors (Lipinski definition) is 6. The van der Waals surface area contributed by atoms with Gasteiger partial charge in [-0.05, 0) is 36.5 Å². The molecule has 1 aromatic carbocycles. The number of nitrogens with one attached hydrogen (secondary N) is 1. The van der Waals surface area contributed by atoms with Gasteiger partial charge < -0.3 is 25.0 Å². The first-order valence-electron chi connectivity index (χ1n) is 13.0. The van der Waals surface area contributed by atoms with Gasteiger partial charge in [0.15, 0.2) is 0 Å². The molecule has 0 bridgehead atoms. The molecule has 0 aliphatic carbocycles. The molecule has 0 fully saturated rings. The molecule has 0 radical (unpaired) electrons. The summed E-state index contributed by atoms with van der Waals surface area (Å²) < 4.78 is 8.07. The van der Waals surface area contributed by atoms with E-state index in [0.29, 0.717) is 39.1 Å². The van der Waals surface area contributed by atoms with E-state index in [2.05, 4.69) is 36.4 Å². The molecule has 204 valence electrons. The Morgan fingerprint density at radius 1 is 1.30 bits per heavy atom. The fraction of sp³-hybridized carbons (Fsp3) is 0.630. The molecular formula is C27H42N6O4. The number of anilines is 1. The van der Waals surface area contributed by atoms with E-state index in [1.165, 1.54) is 5.56 Å². The van der Waals surface area contributed by atoms with E-state index in [0.717, 1.165) is 11.4 Å². The number of ether oxygens (including phenoxy) is 1. The van der Waals surface area contributed by atoms with E-state index in [4.69, 9.17) is 4.74 Å². The number of aliphatic hydroxyl groups excluding tert-OH is 1. The van der Waals surface area contributed by atoms with Crippen molar-refractivity contribution in [3.63, 3.8) is 0 Å². The lowest BCUT2D eigenvalue weighted by Crippen LogP contribution is -2.48. The van der Waals surface area contributed by atoms with Crippen LogP contribution in [0.1, 0.15) is 58.7 Å². The summed E-state index contributed by atoms with van der Waals surface area (Å²) in [5.74, 6) is -0.109. The second-order valence-electron chi connectivity index (χ2n) is 11.1. The van der Waals surface area contributed by atoms with Crippen molar-refractivity contribution in [2.24, 2.45) is 5.92 Å². The van der Waals surface area contributed by atoms with Gasteiger partial charge >= 0.3 is 6.03 Å². The summed E-state index contributed by atoms with van der Waals surface area (Å²) >= 11 is 0. The average molecular weight is 515 g/mol. The maximum absolute atomic E-state index is 13.0. The highest BCUT2D eigenvalue weighted by Crippen LogP contribution is 2.24. The molecule has 10 nitrogen and oxygen atoms in total. The first kappa shape index (κ1) is 28.6. The van der Waals surface area contributed by atoms with E-state index in [-0.39, 0.29) is 42.0 Å². The highest BCUT2D eigenvalue weighted by molar-refractivity contribution is 5.89. The van der Waals surface area contributed by atoms with E-state index in [1.54, 1.807) is 27.7 Å². The molecule has 0 saturated carbocycles. The van der Waals surface area contributed by atoms with Gasteiger partial charge in [-0.2, -0.15) is 0 Å². The zero-order valence-electron chi connectivity index (χ0n) is 23.0. The third-order valence-electron chi connectivity index (χ3n) is 6.94. The summed E-state index contributed by atoms with van der Waals surface area (Å²) in [5, 5.41) is 20.8. The Morgan fingerprint density at radius 2 is 2.00 bits per heavy atom. The largest absolute Gasteiger partial charge is 0.394 e. The third kappa shape index (κ3) is 7.75. The summed E-state index contributed by atoms with van der Waals surface area (Å²) in [6.45, 7) is 11.8. The van der Waals surface area contributed by atoms with Crippen molar-refractivity contribution in [3.05, 3.63) is 41.7 Å². The fourth-order valence-corrected chi connectivity index (χ4v) is 4.37. The Morgan fingerprint density at radius 3 is 2.65 bits per heavy atom. The summed E-state index contributed by atoms with van der Waals surface area (Å²) in [5.41, 5.74) is 2.78. The number of fused-ring (bicyclic) bond motifs is 1. The van der Waals surface area contributed by atoms with Gasteiger partial charge in [0.2, 0.25) is 5.91 Å². The summed E-state index contributed by atoms with van der Waals surface area (Å²) in [7, 11) is 1.73. The van der Waals surface area contributed by atoms with Crippen LogP contribution in [0.5, 0.6) is 0 Å². The number of amides is 3. The van der Waals surface area contributed by atoms with Crippen molar-refractivity contribution in [2.45, 2.75) is 78.2 Å². The molecule has 37 heavy (non-hydrogen) atoms. The van der Waals surface area contributed by atoms with Crippen LogP contribution in [-0.2, 0) is 28.1 Å². The molecular weight excluding hydrogens is 472 g/mol. The zero-order chi connectivity index (χ0) is 27.2. The predicted molar refractivity (Wildman–Crippen MR) is 142 cm³/mol. The maximum atomic E-state index is 13.0. The fourth-order valence-electron chi connectivity index (χ4n) is 4.37. The molecule has 0 spiro atoms. The number of aryl methyl sites for hydroxylation is 1. The zero-order valence-corrected chi connectivity index (χ0v) is 23.0. The number of aliphatic hydroxyl groups is 1. The predicted octanol–water partition coefficient (Wildman–Crippen LogP) is 3.26. The van der Waals surface area contributed by atoms with Crippen molar-refractivity contribution in [1.82, 2.24) is 24.8 Å². The van der Waals surface area contributed by atoms with Gasteiger partial charge in [0.05, 0.1) is 37.3 Å². The number of benzene rings is 1. The van der Waals surface area contributed by atoms with Crippen LogP contribution in [0.25, 0.3) is 0 Å². The third-order valence-corrected chi connectivity index (χ3v) is 6.94. The van der Waals surface area contributed by atoms with Gasteiger partial charge in [0.1, 0.15) is 0 Å². The topological polar surface area (TPSA) is 113 Å².